The highest BCUT2D eigenvalue weighted by molar-refractivity contribution is 4.95. The maximum Gasteiger partial charge on any atom is 0.0133 e. The summed E-state index contributed by atoms with van der Waals surface area (Å²) in [5.74, 6) is 1.94. The van der Waals surface area contributed by atoms with Gasteiger partial charge in [-0.05, 0) is 51.9 Å². The lowest BCUT2D eigenvalue weighted by molar-refractivity contribution is 0.236. The number of nitrogens with one attached hydrogen (secondary N) is 1. The van der Waals surface area contributed by atoms with Gasteiger partial charge in [-0.2, -0.15) is 0 Å². The lowest BCUT2D eigenvalue weighted by atomic mass is 9.97. The standard InChI is InChI=1S/C9H18N2/c1-11(2)9-4-3-7-5-10-6-8(7)9/h7-10H,3-6H2,1-2H3/t7-,8?,9+/m1/s1. The van der Waals surface area contributed by atoms with Crippen molar-refractivity contribution in [2.75, 3.05) is 27.2 Å². The van der Waals surface area contributed by atoms with Crippen molar-refractivity contribution in [1.29, 1.82) is 0 Å². The van der Waals surface area contributed by atoms with E-state index in [-0.39, 0.29) is 0 Å². The minimum atomic E-state index is 0.856. The molecule has 1 saturated carbocycles. The summed E-state index contributed by atoms with van der Waals surface area (Å²) in [7, 11) is 4.43. The molecule has 0 aromatic rings. The minimum Gasteiger partial charge on any atom is -0.316 e. The largest absolute Gasteiger partial charge is 0.316 e. The van der Waals surface area contributed by atoms with E-state index in [1.165, 1.54) is 25.9 Å². The van der Waals surface area contributed by atoms with Crippen molar-refractivity contribution in [2.24, 2.45) is 11.8 Å². The summed E-state index contributed by atoms with van der Waals surface area (Å²) >= 11 is 0. The average molecular weight is 154 g/mol. The average Bonchev–Trinajstić information content (AvgIpc) is 2.41. The number of hydrogen-bond donors (Lipinski definition) is 1. The van der Waals surface area contributed by atoms with Gasteiger partial charge in [-0.1, -0.05) is 0 Å². The van der Waals surface area contributed by atoms with Crippen LogP contribution in [0.25, 0.3) is 0 Å². The van der Waals surface area contributed by atoms with Gasteiger partial charge < -0.3 is 10.2 Å². The van der Waals surface area contributed by atoms with Gasteiger partial charge in [0.05, 0.1) is 0 Å². The van der Waals surface area contributed by atoms with Gasteiger partial charge in [0.1, 0.15) is 0 Å². The van der Waals surface area contributed by atoms with Crippen molar-refractivity contribution in [3.8, 4) is 0 Å². The van der Waals surface area contributed by atoms with Crippen LogP contribution in [0.2, 0.25) is 0 Å². The summed E-state index contributed by atoms with van der Waals surface area (Å²) in [6.45, 7) is 2.53. The SMILES string of the molecule is CN(C)[C@H]1CC[C@@H]2CNCC21. The fraction of sp³-hybridized carbons (Fsp3) is 1.00. The second-order valence-electron chi connectivity index (χ2n) is 4.19. The second-order valence-corrected chi connectivity index (χ2v) is 4.19. The molecule has 0 aromatic heterocycles. The van der Waals surface area contributed by atoms with Gasteiger partial charge in [-0.15, -0.1) is 0 Å². The fourth-order valence-corrected chi connectivity index (χ4v) is 2.76. The lowest BCUT2D eigenvalue weighted by Crippen LogP contribution is -2.34. The van der Waals surface area contributed by atoms with Crippen LogP contribution in [-0.4, -0.2) is 38.1 Å². The Labute approximate surface area is 69.0 Å². The van der Waals surface area contributed by atoms with E-state index >= 15 is 0 Å². The van der Waals surface area contributed by atoms with E-state index in [1.54, 1.807) is 0 Å². The molecular weight excluding hydrogens is 136 g/mol. The zero-order valence-electron chi connectivity index (χ0n) is 7.51. The zero-order chi connectivity index (χ0) is 7.84. The van der Waals surface area contributed by atoms with Crippen molar-refractivity contribution in [3.05, 3.63) is 0 Å². The molecule has 1 heterocycles. The Hall–Kier alpha value is -0.0800. The Kier molecular flexibility index (Phi) is 1.90. The molecule has 0 radical (unpaired) electrons. The van der Waals surface area contributed by atoms with Crippen LogP contribution in [0.15, 0.2) is 0 Å². The van der Waals surface area contributed by atoms with Crippen LogP contribution in [0.3, 0.4) is 0 Å². The summed E-state index contributed by atoms with van der Waals surface area (Å²) in [5, 5.41) is 3.48. The Morgan fingerprint density at radius 1 is 1.18 bits per heavy atom. The van der Waals surface area contributed by atoms with Crippen LogP contribution in [0.5, 0.6) is 0 Å². The van der Waals surface area contributed by atoms with Crippen LogP contribution < -0.4 is 5.32 Å². The van der Waals surface area contributed by atoms with Crippen molar-refractivity contribution >= 4 is 0 Å². The minimum absolute atomic E-state index is 0.856. The van der Waals surface area contributed by atoms with E-state index in [2.05, 4.69) is 24.3 Å². The molecule has 11 heavy (non-hydrogen) atoms. The predicted molar refractivity (Wildman–Crippen MR) is 46.6 cm³/mol. The molecule has 2 rings (SSSR count). The van der Waals surface area contributed by atoms with Crippen molar-refractivity contribution in [1.82, 2.24) is 10.2 Å². The zero-order valence-corrected chi connectivity index (χ0v) is 7.51. The molecule has 0 spiro atoms. The van der Waals surface area contributed by atoms with E-state index in [0.29, 0.717) is 0 Å². The summed E-state index contributed by atoms with van der Waals surface area (Å²) in [6.07, 6.45) is 2.87. The first-order valence-corrected chi connectivity index (χ1v) is 4.66. The topological polar surface area (TPSA) is 15.3 Å². The van der Waals surface area contributed by atoms with Gasteiger partial charge in [0, 0.05) is 6.04 Å². The number of rotatable bonds is 1. The van der Waals surface area contributed by atoms with Gasteiger partial charge in [-0.3, -0.25) is 0 Å². The highest BCUT2D eigenvalue weighted by Crippen LogP contribution is 2.36. The van der Waals surface area contributed by atoms with Crippen LogP contribution in [0, 0.1) is 11.8 Å². The fourth-order valence-electron chi connectivity index (χ4n) is 2.76. The summed E-state index contributed by atoms with van der Waals surface area (Å²) in [4.78, 5) is 2.40. The van der Waals surface area contributed by atoms with E-state index in [4.69, 9.17) is 0 Å². The van der Waals surface area contributed by atoms with Gasteiger partial charge in [0.15, 0.2) is 0 Å². The van der Waals surface area contributed by atoms with Crippen molar-refractivity contribution < 1.29 is 0 Å². The summed E-state index contributed by atoms with van der Waals surface area (Å²) in [6, 6.07) is 0.856. The van der Waals surface area contributed by atoms with E-state index < -0.39 is 0 Å². The molecule has 1 aliphatic carbocycles. The first-order chi connectivity index (χ1) is 5.29. The van der Waals surface area contributed by atoms with Gasteiger partial charge in [0.2, 0.25) is 0 Å². The van der Waals surface area contributed by atoms with E-state index in [0.717, 1.165) is 17.9 Å². The first kappa shape index (κ1) is 7.56. The van der Waals surface area contributed by atoms with Crippen molar-refractivity contribution in [3.63, 3.8) is 0 Å². The number of nitrogens with zero attached hydrogens (tertiary/aromatic N) is 1. The molecule has 2 heteroatoms. The van der Waals surface area contributed by atoms with Gasteiger partial charge in [-0.25, -0.2) is 0 Å². The normalized spacial score (nSPS) is 43.4. The Bertz CT molecular complexity index is 144. The van der Waals surface area contributed by atoms with Crippen LogP contribution >= 0.6 is 0 Å². The number of fused-ring (bicyclic) bond motifs is 1. The molecule has 2 nitrogen and oxygen atoms in total. The lowest BCUT2D eigenvalue weighted by Gasteiger charge is -2.24. The first-order valence-electron chi connectivity index (χ1n) is 4.66. The molecule has 1 aliphatic heterocycles. The molecule has 3 atom stereocenters. The van der Waals surface area contributed by atoms with Crippen molar-refractivity contribution in [2.45, 2.75) is 18.9 Å². The molecule has 0 aromatic carbocycles. The maximum atomic E-state index is 3.48. The molecule has 0 bridgehead atoms. The summed E-state index contributed by atoms with van der Waals surface area (Å²) < 4.78 is 0. The molecule has 2 fully saturated rings. The quantitative estimate of drug-likeness (QED) is 0.593. The molecule has 1 unspecified atom stereocenters. The smallest absolute Gasteiger partial charge is 0.0133 e. The van der Waals surface area contributed by atoms with E-state index in [9.17, 15) is 0 Å². The van der Waals surface area contributed by atoms with Crippen LogP contribution in [0.4, 0.5) is 0 Å². The van der Waals surface area contributed by atoms with Crippen LogP contribution in [-0.2, 0) is 0 Å². The molecular formula is C9H18N2. The highest BCUT2D eigenvalue weighted by Gasteiger charge is 2.39. The number of hydrogen-bond acceptors (Lipinski definition) is 2. The summed E-state index contributed by atoms with van der Waals surface area (Å²) in [5.41, 5.74) is 0. The molecule has 0 amide bonds. The Balaban J connectivity index is 2.03. The third-order valence-electron chi connectivity index (χ3n) is 3.38. The predicted octanol–water partition coefficient (Wildman–Crippen LogP) is 0.546. The van der Waals surface area contributed by atoms with Gasteiger partial charge >= 0.3 is 0 Å². The third kappa shape index (κ3) is 1.18. The van der Waals surface area contributed by atoms with E-state index in [1.807, 2.05) is 0 Å². The molecule has 2 aliphatic rings. The van der Waals surface area contributed by atoms with Gasteiger partial charge in [0.25, 0.3) is 0 Å². The second kappa shape index (κ2) is 2.76. The molecule has 1 saturated heterocycles. The monoisotopic (exact) mass is 154 g/mol. The molecule has 64 valence electrons. The molecule has 1 N–H and O–H groups in total. The Morgan fingerprint density at radius 3 is 2.73 bits per heavy atom. The Morgan fingerprint density at radius 2 is 2.00 bits per heavy atom. The van der Waals surface area contributed by atoms with Crippen LogP contribution in [0.1, 0.15) is 12.8 Å². The third-order valence-corrected chi connectivity index (χ3v) is 3.38. The highest BCUT2D eigenvalue weighted by atomic mass is 15.1. The maximum absolute atomic E-state index is 3.48.